The van der Waals surface area contributed by atoms with Crippen molar-refractivity contribution in [1.82, 2.24) is 4.98 Å². The first kappa shape index (κ1) is 16.8. The summed E-state index contributed by atoms with van der Waals surface area (Å²) in [6.45, 7) is 0.153. The van der Waals surface area contributed by atoms with Crippen molar-refractivity contribution < 1.29 is 14.3 Å². The summed E-state index contributed by atoms with van der Waals surface area (Å²) in [5.41, 5.74) is 1.33. The zero-order valence-corrected chi connectivity index (χ0v) is 15.7. The van der Waals surface area contributed by atoms with Crippen molar-refractivity contribution in [2.24, 2.45) is 0 Å². The number of anilines is 1. The van der Waals surface area contributed by atoms with Crippen molar-refractivity contribution in [3.63, 3.8) is 0 Å². The second kappa shape index (κ2) is 6.92. The summed E-state index contributed by atoms with van der Waals surface area (Å²) in [6.07, 6.45) is 0. The first-order chi connectivity index (χ1) is 12.1. The van der Waals surface area contributed by atoms with Crippen LogP contribution in [0, 0.1) is 0 Å². The van der Waals surface area contributed by atoms with Crippen molar-refractivity contribution in [2.75, 3.05) is 17.9 Å². The van der Waals surface area contributed by atoms with E-state index in [0.29, 0.717) is 27.2 Å². The molecule has 0 saturated carbocycles. The van der Waals surface area contributed by atoms with Crippen molar-refractivity contribution in [2.45, 2.75) is 4.34 Å². The molecular formula is C16H10Cl2N2O3S2. The molecular weight excluding hydrogens is 403 g/mol. The Morgan fingerprint density at radius 3 is 2.88 bits per heavy atom. The van der Waals surface area contributed by atoms with Crippen molar-refractivity contribution in [1.29, 1.82) is 0 Å². The van der Waals surface area contributed by atoms with Crippen LogP contribution < -0.4 is 14.8 Å². The molecule has 0 spiro atoms. The van der Waals surface area contributed by atoms with Crippen molar-refractivity contribution >= 4 is 68.1 Å². The van der Waals surface area contributed by atoms with E-state index in [1.807, 2.05) is 18.2 Å². The van der Waals surface area contributed by atoms with Gasteiger partial charge in [-0.15, -0.1) is 11.3 Å². The van der Waals surface area contributed by atoms with Crippen LogP contribution in [0.15, 0.2) is 34.7 Å². The number of halogens is 2. The van der Waals surface area contributed by atoms with Gasteiger partial charge in [0.05, 0.1) is 26.7 Å². The lowest BCUT2D eigenvalue weighted by Crippen LogP contribution is -2.14. The van der Waals surface area contributed by atoms with Gasteiger partial charge in [-0.3, -0.25) is 4.79 Å². The van der Waals surface area contributed by atoms with E-state index >= 15 is 0 Å². The third-order valence-electron chi connectivity index (χ3n) is 3.39. The summed E-state index contributed by atoms with van der Waals surface area (Å²) in [6, 6.07) is 8.84. The number of hydrogen-bond acceptors (Lipinski definition) is 6. The normalized spacial score (nSPS) is 12.6. The number of ether oxygens (including phenoxy) is 2. The number of nitrogens with one attached hydrogen (secondary N) is 1. The van der Waals surface area contributed by atoms with Gasteiger partial charge in [0.15, 0.2) is 15.8 Å². The van der Waals surface area contributed by atoms with E-state index in [2.05, 4.69) is 10.3 Å². The molecule has 2 aromatic carbocycles. The van der Waals surface area contributed by atoms with Gasteiger partial charge < -0.3 is 14.8 Å². The van der Waals surface area contributed by atoms with Crippen LogP contribution in [0.4, 0.5) is 5.69 Å². The number of carbonyl (C=O) groups excluding carboxylic acids is 1. The lowest BCUT2D eigenvalue weighted by Gasteiger charge is -2.07. The first-order valence-corrected chi connectivity index (χ1v) is 9.72. The smallest absolute Gasteiger partial charge is 0.234 e. The molecule has 0 fully saturated rings. The Morgan fingerprint density at radius 2 is 2.04 bits per heavy atom. The average molecular weight is 413 g/mol. The molecule has 0 radical (unpaired) electrons. The maximum Gasteiger partial charge on any atom is 0.234 e. The van der Waals surface area contributed by atoms with Crippen LogP contribution >= 0.6 is 46.3 Å². The number of carbonyl (C=O) groups is 1. The van der Waals surface area contributed by atoms with Crippen molar-refractivity contribution in [3.05, 3.63) is 40.4 Å². The molecule has 128 valence electrons. The van der Waals surface area contributed by atoms with Crippen LogP contribution in [-0.2, 0) is 4.79 Å². The largest absolute Gasteiger partial charge is 0.454 e. The van der Waals surface area contributed by atoms with Gasteiger partial charge in [0.1, 0.15) is 0 Å². The monoisotopic (exact) mass is 412 g/mol. The summed E-state index contributed by atoms with van der Waals surface area (Å²) in [5.74, 6) is 1.18. The molecule has 4 rings (SSSR count). The number of aromatic nitrogens is 1. The summed E-state index contributed by atoms with van der Waals surface area (Å²) in [5, 5.41) is 3.82. The lowest BCUT2D eigenvalue weighted by molar-refractivity contribution is -0.113. The molecule has 5 nitrogen and oxygen atoms in total. The fourth-order valence-corrected chi connectivity index (χ4v) is 4.48. The van der Waals surface area contributed by atoms with E-state index < -0.39 is 0 Å². The van der Waals surface area contributed by atoms with E-state index in [1.54, 1.807) is 12.1 Å². The zero-order chi connectivity index (χ0) is 17.4. The maximum atomic E-state index is 12.2. The van der Waals surface area contributed by atoms with E-state index in [9.17, 15) is 4.79 Å². The predicted molar refractivity (Wildman–Crippen MR) is 102 cm³/mol. The molecule has 0 unspecified atom stereocenters. The van der Waals surface area contributed by atoms with E-state index in [1.165, 1.54) is 23.1 Å². The average Bonchev–Trinajstić information content (AvgIpc) is 3.18. The minimum Gasteiger partial charge on any atom is -0.454 e. The van der Waals surface area contributed by atoms with Gasteiger partial charge in [0, 0.05) is 17.2 Å². The number of fused-ring (bicyclic) bond motifs is 2. The quantitative estimate of drug-likeness (QED) is 0.606. The third-order valence-corrected chi connectivity index (χ3v) is 6.12. The number of thiazole rings is 1. The van der Waals surface area contributed by atoms with Gasteiger partial charge >= 0.3 is 0 Å². The molecule has 1 aliphatic rings. The van der Waals surface area contributed by atoms with Gasteiger partial charge in [0.2, 0.25) is 12.7 Å². The molecule has 1 N–H and O–H groups in total. The molecule has 1 amide bonds. The second-order valence-electron chi connectivity index (χ2n) is 5.11. The summed E-state index contributed by atoms with van der Waals surface area (Å²) >= 11 is 15.0. The first-order valence-electron chi connectivity index (χ1n) is 7.16. The highest BCUT2D eigenvalue weighted by atomic mass is 35.5. The van der Waals surface area contributed by atoms with Gasteiger partial charge in [-0.2, -0.15) is 0 Å². The van der Waals surface area contributed by atoms with Gasteiger partial charge in [0.25, 0.3) is 0 Å². The fraction of sp³-hybridized carbons (Fsp3) is 0.125. The molecule has 0 aliphatic carbocycles. The second-order valence-corrected chi connectivity index (χ2v) is 8.21. The third kappa shape index (κ3) is 3.64. The van der Waals surface area contributed by atoms with E-state index in [0.717, 1.165) is 14.6 Å². The minimum absolute atomic E-state index is 0.153. The minimum atomic E-state index is -0.178. The number of amides is 1. The summed E-state index contributed by atoms with van der Waals surface area (Å²) < 4.78 is 12.4. The van der Waals surface area contributed by atoms with Crippen LogP contribution in [0.1, 0.15) is 0 Å². The molecule has 0 atom stereocenters. The Bertz CT molecular complexity index is 977. The number of rotatable bonds is 4. The number of benzene rings is 2. The molecule has 0 bridgehead atoms. The predicted octanol–water partition coefficient (Wildman–Crippen LogP) is 5.06. The zero-order valence-electron chi connectivity index (χ0n) is 12.5. The Morgan fingerprint density at radius 1 is 1.24 bits per heavy atom. The van der Waals surface area contributed by atoms with Crippen LogP contribution in [-0.4, -0.2) is 23.4 Å². The standard InChI is InChI=1S/C16H10Cl2N2O3S2/c17-8-1-2-14-11(3-8)20-16(25-14)24-6-15(21)19-10-5-13-12(4-9(10)18)22-7-23-13/h1-5H,6-7H2,(H,19,21). The highest BCUT2D eigenvalue weighted by Crippen LogP contribution is 2.39. The number of thioether (sulfide) groups is 1. The molecule has 2 heterocycles. The summed E-state index contributed by atoms with van der Waals surface area (Å²) in [7, 11) is 0. The highest BCUT2D eigenvalue weighted by molar-refractivity contribution is 8.01. The molecule has 9 heteroatoms. The fourth-order valence-electron chi connectivity index (χ4n) is 2.27. The molecule has 25 heavy (non-hydrogen) atoms. The van der Waals surface area contributed by atoms with Gasteiger partial charge in [-0.25, -0.2) is 4.98 Å². The van der Waals surface area contributed by atoms with Crippen LogP contribution in [0.5, 0.6) is 11.5 Å². The Balaban J connectivity index is 1.42. The van der Waals surface area contributed by atoms with E-state index in [-0.39, 0.29) is 18.5 Å². The molecule has 3 aromatic rings. The van der Waals surface area contributed by atoms with Crippen LogP contribution in [0.25, 0.3) is 10.2 Å². The van der Waals surface area contributed by atoms with E-state index in [4.69, 9.17) is 32.7 Å². The Hall–Kier alpha value is -1.67. The number of nitrogens with zero attached hydrogens (tertiary/aromatic N) is 1. The topological polar surface area (TPSA) is 60.5 Å². The summed E-state index contributed by atoms with van der Waals surface area (Å²) in [4.78, 5) is 16.7. The number of hydrogen-bond donors (Lipinski definition) is 1. The van der Waals surface area contributed by atoms with Crippen molar-refractivity contribution in [3.8, 4) is 11.5 Å². The van der Waals surface area contributed by atoms with Gasteiger partial charge in [-0.1, -0.05) is 35.0 Å². The highest BCUT2D eigenvalue weighted by Gasteiger charge is 2.18. The lowest BCUT2D eigenvalue weighted by atomic mass is 10.2. The SMILES string of the molecule is O=C(CSc1nc2cc(Cl)ccc2s1)Nc1cc2c(cc1Cl)OCO2. The Kier molecular flexibility index (Phi) is 4.64. The maximum absolute atomic E-state index is 12.2. The van der Waals surface area contributed by atoms with Gasteiger partial charge in [-0.05, 0) is 18.2 Å². The van der Waals surface area contributed by atoms with Crippen LogP contribution in [0.2, 0.25) is 10.0 Å². The molecule has 1 aliphatic heterocycles. The molecule has 1 aromatic heterocycles. The van der Waals surface area contributed by atoms with Crippen LogP contribution in [0.3, 0.4) is 0 Å². The molecule has 0 saturated heterocycles. The Labute approximate surface area is 161 Å².